The van der Waals surface area contributed by atoms with Crippen LogP contribution in [-0.4, -0.2) is 29.0 Å². The van der Waals surface area contributed by atoms with Gasteiger partial charge < -0.3 is 15.4 Å². The monoisotopic (exact) mass is 334 g/mol. The molecule has 1 amide bonds. The summed E-state index contributed by atoms with van der Waals surface area (Å²) in [7, 11) is 1.55. The fourth-order valence-corrected chi connectivity index (χ4v) is 2.08. The lowest BCUT2D eigenvalue weighted by atomic mass is 10.2. The SMILES string of the molecule is CCC(C)NC(=O)c1ccnc(Nc2ccc(OC)c(Cl)c2)n1. The molecule has 0 spiro atoms. The van der Waals surface area contributed by atoms with Gasteiger partial charge in [-0.15, -0.1) is 0 Å². The van der Waals surface area contributed by atoms with Gasteiger partial charge in [-0.3, -0.25) is 4.79 Å². The number of hydrogen-bond donors (Lipinski definition) is 2. The Bertz CT molecular complexity index is 694. The summed E-state index contributed by atoms with van der Waals surface area (Å²) in [5, 5.41) is 6.36. The predicted molar refractivity (Wildman–Crippen MR) is 90.5 cm³/mol. The third kappa shape index (κ3) is 4.56. The summed E-state index contributed by atoms with van der Waals surface area (Å²) in [6.45, 7) is 3.95. The van der Waals surface area contributed by atoms with Crippen LogP contribution in [0.2, 0.25) is 5.02 Å². The first kappa shape index (κ1) is 17.0. The van der Waals surface area contributed by atoms with Crippen LogP contribution in [0.25, 0.3) is 0 Å². The van der Waals surface area contributed by atoms with Crippen LogP contribution < -0.4 is 15.4 Å². The second kappa shape index (κ2) is 7.78. The zero-order valence-electron chi connectivity index (χ0n) is 13.3. The van der Waals surface area contributed by atoms with Crippen molar-refractivity contribution in [3.8, 4) is 5.75 Å². The maximum Gasteiger partial charge on any atom is 0.270 e. The third-order valence-corrected chi connectivity index (χ3v) is 3.58. The Morgan fingerprint density at radius 1 is 1.39 bits per heavy atom. The zero-order chi connectivity index (χ0) is 16.8. The Kier molecular flexibility index (Phi) is 5.76. The fourth-order valence-electron chi connectivity index (χ4n) is 1.82. The molecule has 1 aromatic carbocycles. The molecule has 23 heavy (non-hydrogen) atoms. The van der Waals surface area contributed by atoms with Crippen LogP contribution in [0.15, 0.2) is 30.5 Å². The summed E-state index contributed by atoms with van der Waals surface area (Å²) in [6.07, 6.45) is 2.39. The molecule has 1 aromatic heterocycles. The number of carbonyl (C=O) groups is 1. The van der Waals surface area contributed by atoms with Gasteiger partial charge >= 0.3 is 0 Å². The maximum absolute atomic E-state index is 12.1. The van der Waals surface area contributed by atoms with Crippen LogP contribution in [0.1, 0.15) is 30.8 Å². The van der Waals surface area contributed by atoms with Gasteiger partial charge in [0.15, 0.2) is 0 Å². The van der Waals surface area contributed by atoms with E-state index >= 15 is 0 Å². The number of ether oxygens (including phenoxy) is 1. The lowest BCUT2D eigenvalue weighted by Gasteiger charge is -2.11. The first-order valence-corrected chi connectivity index (χ1v) is 7.65. The molecule has 0 radical (unpaired) electrons. The van der Waals surface area contributed by atoms with Crippen LogP contribution >= 0.6 is 11.6 Å². The largest absolute Gasteiger partial charge is 0.495 e. The Labute approximate surface area is 140 Å². The minimum absolute atomic E-state index is 0.0919. The average molecular weight is 335 g/mol. The van der Waals surface area contributed by atoms with E-state index < -0.39 is 0 Å². The van der Waals surface area contributed by atoms with E-state index in [1.54, 1.807) is 31.4 Å². The molecule has 0 saturated carbocycles. The van der Waals surface area contributed by atoms with Crippen LogP contribution in [0, 0.1) is 0 Å². The molecule has 7 heteroatoms. The quantitative estimate of drug-likeness (QED) is 0.846. The highest BCUT2D eigenvalue weighted by Gasteiger charge is 2.11. The molecule has 2 aromatic rings. The van der Waals surface area contributed by atoms with E-state index in [0.717, 1.165) is 6.42 Å². The van der Waals surface area contributed by atoms with Crippen LogP contribution in [0.4, 0.5) is 11.6 Å². The van der Waals surface area contributed by atoms with Gasteiger partial charge in [0.1, 0.15) is 11.4 Å². The summed E-state index contributed by atoms with van der Waals surface area (Å²) in [4.78, 5) is 20.4. The second-order valence-electron chi connectivity index (χ2n) is 5.02. The lowest BCUT2D eigenvalue weighted by molar-refractivity contribution is 0.0934. The predicted octanol–water partition coefficient (Wildman–Crippen LogP) is 3.41. The number of hydrogen-bond acceptors (Lipinski definition) is 5. The smallest absolute Gasteiger partial charge is 0.270 e. The van der Waals surface area contributed by atoms with Gasteiger partial charge in [0.05, 0.1) is 12.1 Å². The molecule has 0 fully saturated rings. The van der Waals surface area contributed by atoms with Crippen molar-refractivity contribution in [2.75, 3.05) is 12.4 Å². The van der Waals surface area contributed by atoms with Crippen molar-refractivity contribution in [3.05, 3.63) is 41.2 Å². The van der Waals surface area contributed by atoms with E-state index in [4.69, 9.17) is 16.3 Å². The number of nitrogens with one attached hydrogen (secondary N) is 2. The number of rotatable bonds is 6. The molecular formula is C16H19ClN4O2. The average Bonchev–Trinajstić information content (AvgIpc) is 2.55. The van der Waals surface area contributed by atoms with E-state index in [0.29, 0.717) is 28.1 Å². The molecule has 6 nitrogen and oxygen atoms in total. The van der Waals surface area contributed by atoms with E-state index in [2.05, 4.69) is 20.6 Å². The highest BCUT2D eigenvalue weighted by atomic mass is 35.5. The number of anilines is 2. The van der Waals surface area contributed by atoms with E-state index in [1.165, 1.54) is 6.20 Å². The van der Waals surface area contributed by atoms with Gasteiger partial charge in [-0.05, 0) is 37.6 Å². The number of nitrogens with zero attached hydrogens (tertiary/aromatic N) is 2. The first-order valence-electron chi connectivity index (χ1n) is 7.28. The van der Waals surface area contributed by atoms with E-state index in [-0.39, 0.29) is 11.9 Å². The van der Waals surface area contributed by atoms with Gasteiger partial charge in [0, 0.05) is 17.9 Å². The Hall–Kier alpha value is -2.34. The first-order chi connectivity index (χ1) is 11.0. The molecule has 2 rings (SSSR count). The number of methoxy groups -OCH3 is 1. The van der Waals surface area contributed by atoms with Crippen molar-refractivity contribution >= 4 is 29.1 Å². The minimum Gasteiger partial charge on any atom is -0.495 e. The Balaban J connectivity index is 2.13. The van der Waals surface area contributed by atoms with Crippen molar-refractivity contribution in [2.24, 2.45) is 0 Å². The number of halogens is 1. The molecule has 1 heterocycles. The van der Waals surface area contributed by atoms with Gasteiger partial charge in [-0.2, -0.15) is 0 Å². The summed E-state index contributed by atoms with van der Waals surface area (Å²) < 4.78 is 5.10. The van der Waals surface area contributed by atoms with Gasteiger partial charge in [-0.25, -0.2) is 9.97 Å². The molecule has 0 bridgehead atoms. The summed E-state index contributed by atoms with van der Waals surface area (Å²) >= 11 is 6.08. The van der Waals surface area contributed by atoms with E-state index in [9.17, 15) is 4.79 Å². The van der Waals surface area contributed by atoms with Gasteiger partial charge in [-0.1, -0.05) is 18.5 Å². The molecule has 1 unspecified atom stereocenters. The highest BCUT2D eigenvalue weighted by molar-refractivity contribution is 6.32. The maximum atomic E-state index is 12.1. The molecule has 1 atom stereocenters. The van der Waals surface area contributed by atoms with E-state index in [1.807, 2.05) is 13.8 Å². The van der Waals surface area contributed by atoms with Crippen molar-refractivity contribution in [1.82, 2.24) is 15.3 Å². The van der Waals surface area contributed by atoms with Crippen LogP contribution in [-0.2, 0) is 0 Å². The molecule has 2 N–H and O–H groups in total. The second-order valence-corrected chi connectivity index (χ2v) is 5.43. The minimum atomic E-state index is -0.224. The number of aromatic nitrogens is 2. The standard InChI is InChI=1S/C16H19ClN4O2/c1-4-10(2)19-15(22)13-7-8-18-16(21-13)20-11-5-6-14(23-3)12(17)9-11/h5-10H,4H2,1-3H3,(H,19,22)(H,18,20,21). The topological polar surface area (TPSA) is 76.1 Å². The number of carbonyl (C=O) groups excluding carboxylic acids is 1. The normalized spacial score (nSPS) is 11.7. The third-order valence-electron chi connectivity index (χ3n) is 3.29. The molecule has 0 aliphatic carbocycles. The van der Waals surface area contributed by atoms with Crippen molar-refractivity contribution in [3.63, 3.8) is 0 Å². The zero-order valence-corrected chi connectivity index (χ0v) is 14.0. The molecule has 0 saturated heterocycles. The van der Waals surface area contributed by atoms with Crippen LogP contribution in [0.5, 0.6) is 5.75 Å². The summed E-state index contributed by atoms with van der Waals surface area (Å²) in [5.74, 6) is 0.681. The Morgan fingerprint density at radius 3 is 2.83 bits per heavy atom. The van der Waals surface area contributed by atoms with Gasteiger partial charge in [0.2, 0.25) is 5.95 Å². The van der Waals surface area contributed by atoms with Crippen LogP contribution in [0.3, 0.4) is 0 Å². The highest BCUT2D eigenvalue weighted by Crippen LogP contribution is 2.28. The summed E-state index contributed by atoms with van der Waals surface area (Å²) in [5.41, 5.74) is 1.01. The number of amides is 1. The van der Waals surface area contributed by atoms with Crippen molar-refractivity contribution < 1.29 is 9.53 Å². The van der Waals surface area contributed by atoms with Crippen molar-refractivity contribution in [1.29, 1.82) is 0 Å². The van der Waals surface area contributed by atoms with Gasteiger partial charge in [0.25, 0.3) is 5.91 Å². The van der Waals surface area contributed by atoms with Crippen molar-refractivity contribution in [2.45, 2.75) is 26.3 Å². The summed E-state index contributed by atoms with van der Waals surface area (Å²) in [6, 6.07) is 6.90. The molecule has 0 aliphatic rings. The number of benzene rings is 1. The Morgan fingerprint density at radius 2 is 2.17 bits per heavy atom. The lowest BCUT2D eigenvalue weighted by Crippen LogP contribution is -2.32. The fraction of sp³-hybridized carbons (Fsp3) is 0.312. The molecular weight excluding hydrogens is 316 g/mol. The molecule has 122 valence electrons. The molecule has 0 aliphatic heterocycles.